The van der Waals surface area contributed by atoms with E-state index in [1.54, 1.807) is 23.3 Å². The highest BCUT2D eigenvalue weighted by Gasteiger charge is 2.21. The summed E-state index contributed by atoms with van der Waals surface area (Å²) in [6.07, 6.45) is 6.90. The predicted octanol–water partition coefficient (Wildman–Crippen LogP) is 3.70. The Morgan fingerprint density at radius 2 is 1.90 bits per heavy atom. The number of aryl methyl sites for hydroxylation is 2. The molecule has 0 fully saturated rings. The van der Waals surface area contributed by atoms with E-state index in [4.69, 9.17) is 9.51 Å². The normalized spacial score (nSPS) is 11.5. The minimum absolute atomic E-state index is 0.402. The second-order valence-corrected chi connectivity index (χ2v) is 7.20. The molecular formula is C22H16N8O. The molecule has 0 unspecified atom stereocenters. The average Bonchev–Trinajstić information content (AvgIpc) is 3.51. The molecule has 6 aromatic rings. The molecule has 31 heavy (non-hydrogen) atoms. The van der Waals surface area contributed by atoms with Gasteiger partial charge in [0, 0.05) is 25.0 Å². The van der Waals surface area contributed by atoms with Crippen LogP contribution in [0.15, 0.2) is 65.7 Å². The molecule has 5 heterocycles. The first-order valence-electron chi connectivity index (χ1n) is 9.70. The van der Waals surface area contributed by atoms with Gasteiger partial charge in [-0.05, 0) is 13.0 Å². The Bertz CT molecular complexity index is 1560. The summed E-state index contributed by atoms with van der Waals surface area (Å²) in [7, 11) is 1.88. The minimum Gasteiger partial charge on any atom is -0.334 e. The van der Waals surface area contributed by atoms with Gasteiger partial charge in [-0.15, -0.1) is 0 Å². The number of pyridine rings is 1. The largest absolute Gasteiger partial charge is 0.334 e. The molecule has 9 heteroatoms. The lowest BCUT2D eigenvalue weighted by Crippen LogP contribution is -1.95. The molecule has 1 aromatic carbocycles. The highest BCUT2D eigenvalue weighted by molar-refractivity contribution is 5.95. The summed E-state index contributed by atoms with van der Waals surface area (Å²) in [5.41, 5.74) is 5.65. The van der Waals surface area contributed by atoms with Gasteiger partial charge in [0.1, 0.15) is 5.69 Å². The molecule has 0 amide bonds. The number of aromatic nitrogens is 8. The van der Waals surface area contributed by atoms with E-state index in [-0.39, 0.29) is 0 Å². The smallest absolute Gasteiger partial charge is 0.259 e. The van der Waals surface area contributed by atoms with E-state index in [0.29, 0.717) is 17.4 Å². The van der Waals surface area contributed by atoms with Gasteiger partial charge in [-0.25, -0.2) is 9.97 Å². The van der Waals surface area contributed by atoms with E-state index < -0.39 is 0 Å². The van der Waals surface area contributed by atoms with E-state index in [9.17, 15) is 0 Å². The van der Waals surface area contributed by atoms with Gasteiger partial charge in [0.2, 0.25) is 5.82 Å². The monoisotopic (exact) mass is 408 g/mol. The lowest BCUT2D eigenvalue weighted by Gasteiger charge is -2.05. The highest BCUT2D eigenvalue weighted by Crippen LogP contribution is 2.33. The zero-order chi connectivity index (χ0) is 20.9. The average molecular weight is 408 g/mol. The summed E-state index contributed by atoms with van der Waals surface area (Å²) in [5, 5.41) is 9.66. The van der Waals surface area contributed by atoms with E-state index in [1.165, 1.54) is 0 Å². The second-order valence-electron chi connectivity index (χ2n) is 7.20. The van der Waals surface area contributed by atoms with Gasteiger partial charge in [0.05, 0.1) is 34.7 Å². The van der Waals surface area contributed by atoms with E-state index in [0.717, 1.165) is 39.2 Å². The van der Waals surface area contributed by atoms with Crippen LogP contribution < -0.4 is 0 Å². The highest BCUT2D eigenvalue weighted by atomic mass is 16.5. The van der Waals surface area contributed by atoms with Crippen LogP contribution in [0.5, 0.6) is 0 Å². The van der Waals surface area contributed by atoms with Crippen molar-refractivity contribution in [3.63, 3.8) is 0 Å². The Morgan fingerprint density at radius 1 is 1.03 bits per heavy atom. The third kappa shape index (κ3) is 2.71. The van der Waals surface area contributed by atoms with Crippen LogP contribution in [0.2, 0.25) is 0 Å². The first-order chi connectivity index (χ1) is 15.2. The van der Waals surface area contributed by atoms with Gasteiger partial charge in [0.25, 0.3) is 5.89 Å². The standard InChI is InChI=1S/C22H16N8O/c1-13-19-15(10-16(14-6-4-3-5-7-14)25-21(19)29(2)27-13)22-26-20(28-31-22)17-11-24-18-12-23-8-9-30(17)18/h3-12H,1-2H3. The lowest BCUT2D eigenvalue weighted by atomic mass is 10.1. The van der Waals surface area contributed by atoms with Gasteiger partial charge in [-0.2, -0.15) is 10.1 Å². The number of benzene rings is 1. The number of rotatable bonds is 3. The molecule has 6 rings (SSSR count). The van der Waals surface area contributed by atoms with Crippen molar-refractivity contribution in [2.45, 2.75) is 6.92 Å². The molecule has 150 valence electrons. The molecule has 0 radical (unpaired) electrons. The number of nitrogens with zero attached hydrogens (tertiary/aromatic N) is 8. The third-order valence-corrected chi connectivity index (χ3v) is 5.24. The van der Waals surface area contributed by atoms with Gasteiger partial charge >= 0.3 is 0 Å². The molecule has 0 aliphatic carbocycles. The Balaban J connectivity index is 1.56. The van der Waals surface area contributed by atoms with Crippen molar-refractivity contribution < 1.29 is 4.52 Å². The van der Waals surface area contributed by atoms with E-state index in [1.807, 2.05) is 61.0 Å². The lowest BCUT2D eigenvalue weighted by molar-refractivity contribution is 0.432. The maximum atomic E-state index is 5.70. The van der Waals surface area contributed by atoms with Crippen molar-refractivity contribution in [1.82, 2.24) is 39.3 Å². The third-order valence-electron chi connectivity index (χ3n) is 5.24. The molecule has 0 saturated heterocycles. The zero-order valence-electron chi connectivity index (χ0n) is 16.8. The number of imidazole rings is 1. The Hall–Kier alpha value is -4.40. The van der Waals surface area contributed by atoms with Crippen molar-refractivity contribution >= 4 is 16.7 Å². The van der Waals surface area contributed by atoms with Gasteiger partial charge < -0.3 is 4.52 Å². The summed E-state index contributed by atoms with van der Waals surface area (Å²) >= 11 is 0. The predicted molar refractivity (Wildman–Crippen MR) is 114 cm³/mol. The summed E-state index contributed by atoms with van der Waals surface area (Å²) in [6.45, 7) is 1.95. The Kier molecular flexibility index (Phi) is 3.69. The first-order valence-corrected chi connectivity index (χ1v) is 9.70. The fraction of sp³-hybridized carbons (Fsp3) is 0.0909. The van der Waals surface area contributed by atoms with Crippen molar-refractivity contribution in [2.75, 3.05) is 0 Å². The van der Waals surface area contributed by atoms with Crippen LogP contribution in [0.25, 0.3) is 50.9 Å². The van der Waals surface area contributed by atoms with Gasteiger partial charge in [-0.3, -0.25) is 14.1 Å². The first kappa shape index (κ1) is 17.5. The molecule has 0 bridgehead atoms. The van der Waals surface area contributed by atoms with E-state index in [2.05, 4.69) is 25.2 Å². The van der Waals surface area contributed by atoms with Crippen LogP contribution in [0.1, 0.15) is 5.69 Å². The molecule has 0 saturated carbocycles. The van der Waals surface area contributed by atoms with Crippen molar-refractivity contribution in [3.05, 3.63) is 66.9 Å². The summed E-state index contributed by atoms with van der Waals surface area (Å²) in [4.78, 5) is 18.0. The molecule has 5 aromatic heterocycles. The summed E-state index contributed by atoms with van der Waals surface area (Å²) in [6, 6.07) is 12.0. The fourth-order valence-electron chi connectivity index (χ4n) is 3.81. The quantitative estimate of drug-likeness (QED) is 0.440. The maximum Gasteiger partial charge on any atom is 0.259 e. The van der Waals surface area contributed by atoms with Crippen LogP contribution in [0.3, 0.4) is 0 Å². The number of hydrogen-bond donors (Lipinski definition) is 0. The molecule has 0 aliphatic rings. The van der Waals surface area contributed by atoms with Crippen LogP contribution in [0, 0.1) is 6.92 Å². The Morgan fingerprint density at radius 3 is 2.77 bits per heavy atom. The van der Waals surface area contributed by atoms with Crippen molar-refractivity contribution in [2.24, 2.45) is 7.05 Å². The summed E-state index contributed by atoms with van der Waals surface area (Å²) < 4.78 is 9.35. The van der Waals surface area contributed by atoms with Crippen molar-refractivity contribution in [3.8, 4) is 34.2 Å². The molecule has 9 nitrogen and oxygen atoms in total. The van der Waals surface area contributed by atoms with Crippen molar-refractivity contribution in [1.29, 1.82) is 0 Å². The molecular weight excluding hydrogens is 392 g/mol. The topological polar surface area (TPSA) is 99.8 Å². The van der Waals surface area contributed by atoms with Crippen LogP contribution >= 0.6 is 0 Å². The molecule has 0 atom stereocenters. The second kappa shape index (κ2) is 6.56. The number of fused-ring (bicyclic) bond motifs is 2. The van der Waals surface area contributed by atoms with Crippen LogP contribution in [-0.2, 0) is 7.05 Å². The van der Waals surface area contributed by atoms with Gasteiger partial charge in [0.15, 0.2) is 11.3 Å². The Labute approximate surface area is 176 Å². The molecule has 0 spiro atoms. The summed E-state index contributed by atoms with van der Waals surface area (Å²) in [5.74, 6) is 0.848. The zero-order valence-corrected chi connectivity index (χ0v) is 16.8. The maximum absolute atomic E-state index is 5.70. The van der Waals surface area contributed by atoms with Gasteiger partial charge in [-0.1, -0.05) is 35.5 Å². The number of hydrogen-bond acceptors (Lipinski definition) is 7. The van der Waals surface area contributed by atoms with Crippen LogP contribution in [0.4, 0.5) is 0 Å². The molecule has 0 aliphatic heterocycles. The fourth-order valence-corrected chi connectivity index (χ4v) is 3.81. The van der Waals surface area contributed by atoms with E-state index >= 15 is 0 Å². The minimum atomic E-state index is 0.402. The van der Waals surface area contributed by atoms with Crippen LogP contribution in [-0.4, -0.2) is 39.3 Å². The molecule has 0 N–H and O–H groups in total. The SMILES string of the molecule is Cc1nn(C)c2nc(-c3ccccc3)cc(-c3nc(-c4cnc5cnccn45)no3)c12.